The number of nitrogens with zero attached hydrogens (tertiary/aromatic N) is 3. The number of H-pyrrole nitrogens is 1. The lowest BCUT2D eigenvalue weighted by molar-refractivity contribution is -0.135. The maximum atomic E-state index is 14.7. The number of hydrogen-bond acceptors (Lipinski definition) is 4. The maximum Gasteiger partial charge on any atom is 0.326 e. The number of amides is 2. The minimum atomic E-state index is -0.643. The Morgan fingerprint density at radius 2 is 1.76 bits per heavy atom. The van der Waals surface area contributed by atoms with Crippen LogP contribution in [0.2, 0.25) is 0 Å². The van der Waals surface area contributed by atoms with Crippen molar-refractivity contribution in [2.45, 2.75) is 70.5 Å². The van der Waals surface area contributed by atoms with E-state index in [4.69, 9.17) is 0 Å². The first-order valence-electron chi connectivity index (χ1n) is 12.4. The van der Waals surface area contributed by atoms with Gasteiger partial charge < -0.3 is 15.2 Å². The number of halogens is 1. The maximum absolute atomic E-state index is 14.7. The van der Waals surface area contributed by atoms with E-state index in [-0.39, 0.29) is 35.3 Å². The smallest absolute Gasteiger partial charge is 0.326 e. The highest BCUT2D eigenvalue weighted by atomic mass is 19.1. The number of imidazole rings is 1. The molecule has 1 aromatic carbocycles. The predicted octanol–water partition coefficient (Wildman–Crippen LogP) is 2.64. The molecule has 3 aliphatic heterocycles. The molecule has 3 atom stereocenters. The summed E-state index contributed by atoms with van der Waals surface area (Å²) in [4.78, 5) is 45.0. The lowest BCUT2D eigenvalue weighted by atomic mass is 9.82. The average molecular weight is 472 g/mol. The number of rotatable bonds is 4. The molecule has 2 amide bonds. The van der Waals surface area contributed by atoms with Crippen molar-refractivity contribution >= 4 is 22.8 Å². The molecule has 3 fully saturated rings. The van der Waals surface area contributed by atoms with Gasteiger partial charge in [-0.05, 0) is 50.0 Å². The largest absolute Gasteiger partial charge is 0.355 e. The molecule has 0 aliphatic carbocycles. The molecular formula is C25H34FN5O3. The van der Waals surface area contributed by atoms with Crippen LogP contribution >= 0.6 is 0 Å². The van der Waals surface area contributed by atoms with Crippen molar-refractivity contribution in [3.05, 3.63) is 34.0 Å². The van der Waals surface area contributed by atoms with Gasteiger partial charge >= 0.3 is 5.69 Å². The van der Waals surface area contributed by atoms with E-state index in [0.29, 0.717) is 23.0 Å². The lowest BCUT2D eigenvalue weighted by Gasteiger charge is -2.41. The Kier molecular flexibility index (Phi) is 5.78. The number of benzene rings is 1. The van der Waals surface area contributed by atoms with Crippen molar-refractivity contribution in [2.75, 3.05) is 26.7 Å². The van der Waals surface area contributed by atoms with Crippen molar-refractivity contribution in [1.82, 2.24) is 24.7 Å². The molecule has 1 aromatic heterocycles. The van der Waals surface area contributed by atoms with Crippen molar-refractivity contribution in [3.8, 4) is 0 Å². The van der Waals surface area contributed by atoms with Crippen molar-refractivity contribution in [3.63, 3.8) is 0 Å². The van der Waals surface area contributed by atoms with Gasteiger partial charge in [0, 0.05) is 44.3 Å². The SMILES string of the molecule is CNC(=O)c1cc2[nH]c(=O)n(C3C[C@H]4CC[C@@H](C3)N4CC(=O)N3CCC(C)(C)CC3)c2cc1F. The van der Waals surface area contributed by atoms with Crippen molar-refractivity contribution < 1.29 is 14.0 Å². The molecule has 2 aromatic rings. The highest BCUT2D eigenvalue weighted by Gasteiger charge is 2.43. The number of hydrogen-bond donors (Lipinski definition) is 2. The summed E-state index contributed by atoms with van der Waals surface area (Å²) in [6, 6.07) is 3.10. The number of aromatic amines is 1. The minimum absolute atomic E-state index is 0.0638. The summed E-state index contributed by atoms with van der Waals surface area (Å²) in [5.74, 6) is -0.962. The number of aromatic nitrogens is 2. The number of carbonyl (C=O) groups is 2. The Hall–Kier alpha value is -2.68. The zero-order valence-electron chi connectivity index (χ0n) is 20.2. The number of nitrogens with one attached hydrogen (secondary N) is 2. The van der Waals surface area contributed by atoms with E-state index < -0.39 is 11.7 Å². The molecule has 3 aliphatic rings. The van der Waals surface area contributed by atoms with Crippen LogP contribution in [0.5, 0.6) is 0 Å². The van der Waals surface area contributed by atoms with E-state index in [0.717, 1.165) is 51.6 Å². The second-order valence-corrected chi connectivity index (χ2v) is 11.0. The average Bonchev–Trinajstić information content (AvgIpc) is 3.22. The molecule has 2 bridgehead atoms. The Bertz CT molecular complexity index is 1160. The number of carbonyl (C=O) groups excluding carboxylic acids is 2. The summed E-state index contributed by atoms with van der Waals surface area (Å²) >= 11 is 0. The fourth-order valence-electron chi connectivity index (χ4n) is 6.15. The van der Waals surface area contributed by atoms with Gasteiger partial charge in [0.15, 0.2) is 0 Å². The van der Waals surface area contributed by atoms with Crippen LogP contribution < -0.4 is 11.0 Å². The summed E-state index contributed by atoms with van der Waals surface area (Å²) in [7, 11) is 1.44. The predicted molar refractivity (Wildman–Crippen MR) is 127 cm³/mol. The standard InChI is InChI=1S/C25H34FN5O3/c1-25(2)6-8-29(9-7-25)22(32)14-30-15-4-5-16(30)11-17(10-15)31-21-13-19(26)18(23(33)27-3)12-20(21)28-24(31)34/h12-13,15-17H,4-11,14H2,1-3H3,(H,27,33)(H,28,34)/t15-,16+,17?. The lowest BCUT2D eigenvalue weighted by Crippen LogP contribution is -2.51. The van der Waals surface area contributed by atoms with Crippen LogP contribution in [0.15, 0.2) is 16.9 Å². The van der Waals surface area contributed by atoms with Crippen molar-refractivity contribution in [1.29, 1.82) is 0 Å². The highest BCUT2D eigenvalue weighted by molar-refractivity contribution is 5.97. The zero-order chi connectivity index (χ0) is 24.2. The third-order valence-electron chi connectivity index (χ3n) is 8.29. The Morgan fingerprint density at radius 3 is 2.38 bits per heavy atom. The zero-order valence-corrected chi connectivity index (χ0v) is 20.2. The number of piperidine rings is 2. The molecule has 0 saturated carbocycles. The monoisotopic (exact) mass is 471 g/mol. The molecule has 5 rings (SSSR count). The second kappa shape index (κ2) is 8.52. The normalized spacial score (nSPS) is 26.7. The van der Waals surface area contributed by atoms with Crippen LogP contribution in [-0.2, 0) is 4.79 Å². The Morgan fingerprint density at radius 1 is 1.12 bits per heavy atom. The first-order chi connectivity index (χ1) is 16.2. The summed E-state index contributed by atoms with van der Waals surface area (Å²) in [5.41, 5.74) is 0.885. The molecule has 2 N–H and O–H groups in total. The van der Waals surface area contributed by atoms with Gasteiger partial charge in [0.25, 0.3) is 5.91 Å². The molecule has 3 saturated heterocycles. The van der Waals surface area contributed by atoms with E-state index in [1.807, 2.05) is 4.90 Å². The van der Waals surface area contributed by atoms with Crippen LogP contribution in [0.4, 0.5) is 4.39 Å². The summed E-state index contributed by atoms with van der Waals surface area (Å²) < 4.78 is 16.3. The Labute approximate surface area is 198 Å². The van der Waals surface area contributed by atoms with Crippen LogP contribution in [-0.4, -0.2) is 69.9 Å². The molecule has 1 unspecified atom stereocenters. The molecule has 34 heavy (non-hydrogen) atoms. The third kappa shape index (κ3) is 4.04. The van der Waals surface area contributed by atoms with Gasteiger partial charge in [-0.3, -0.25) is 19.1 Å². The van der Waals surface area contributed by atoms with Crippen LogP contribution in [0.1, 0.15) is 68.8 Å². The number of likely N-dealkylation sites (tertiary alicyclic amines) is 1. The quantitative estimate of drug-likeness (QED) is 0.717. The topological polar surface area (TPSA) is 90.4 Å². The Balaban J connectivity index is 1.33. The molecule has 0 radical (unpaired) electrons. The van der Waals surface area contributed by atoms with E-state index in [1.54, 1.807) is 4.57 Å². The van der Waals surface area contributed by atoms with E-state index >= 15 is 0 Å². The van der Waals surface area contributed by atoms with Crippen molar-refractivity contribution in [2.24, 2.45) is 5.41 Å². The van der Waals surface area contributed by atoms with E-state index in [1.165, 1.54) is 19.2 Å². The molecule has 0 spiro atoms. The highest BCUT2D eigenvalue weighted by Crippen LogP contribution is 2.41. The van der Waals surface area contributed by atoms with Gasteiger partial charge in [0.2, 0.25) is 5.91 Å². The van der Waals surface area contributed by atoms with Gasteiger partial charge in [0.05, 0.1) is 23.1 Å². The second-order valence-electron chi connectivity index (χ2n) is 11.0. The fraction of sp³-hybridized carbons (Fsp3) is 0.640. The van der Waals surface area contributed by atoms with Crippen LogP contribution in [0.25, 0.3) is 11.0 Å². The van der Waals surface area contributed by atoms with Gasteiger partial charge in [-0.15, -0.1) is 0 Å². The summed E-state index contributed by atoms with van der Waals surface area (Å²) in [5, 5.41) is 2.43. The van der Waals surface area contributed by atoms with Crippen LogP contribution in [0.3, 0.4) is 0 Å². The number of fused-ring (bicyclic) bond motifs is 3. The minimum Gasteiger partial charge on any atom is -0.355 e. The van der Waals surface area contributed by atoms with E-state index in [9.17, 15) is 18.8 Å². The summed E-state index contributed by atoms with van der Waals surface area (Å²) in [6.45, 7) is 6.61. The van der Waals surface area contributed by atoms with Gasteiger partial charge in [-0.25, -0.2) is 9.18 Å². The molecular weight excluding hydrogens is 437 g/mol. The van der Waals surface area contributed by atoms with Crippen LogP contribution in [0, 0.1) is 11.2 Å². The first kappa shape index (κ1) is 23.1. The van der Waals surface area contributed by atoms with E-state index in [2.05, 4.69) is 29.0 Å². The summed E-state index contributed by atoms with van der Waals surface area (Å²) in [6.07, 6.45) is 5.59. The van der Waals surface area contributed by atoms with Gasteiger partial charge in [-0.2, -0.15) is 0 Å². The van der Waals surface area contributed by atoms with Gasteiger partial charge in [-0.1, -0.05) is 13.8 Å². The molecule has 9 heteroatoms. The molecule has 4 heterocycles. The first-order valence-corrected chi connectivity index (χ1v) is 12.4. The molecule has 8 nitrogen and oxygen atoms in total. The fourth-order valence-corrected chi connectivity index (χ4v) is 6.15. The molecule has 184 valence electrons. The van der Waals surface area contributed by atoms with Gasteiger partial charge in [0.1, 0.15) is 5.82 Å². The third-order valence-corrected chi connectivity index (χ3v) is 8.29.